The molecule has 1 aromatic rings. The Morgan fingerprint density at radius 2 is 2.07 bits per heavy atom. The van der Waals surface area contributed by atoms with Gasteiger partial charge in [-0.25, -0.2) is 8.42 Å². The number of hydrogen-bond acceptors (Lipinski definition) is 7. The Labute approximate surface area is 162 Å². The van der Waals surface area contributed by atoms with Crippen molar-refractivity contribution in [3.05, 3.63) is 15.4 Å². The number of aromatic nitrogens is 1. The molecule has 152 valence electrons. The number of ether oxygens (including phenoxy) is 1. The number of amides is 1. The Hall–Kier alpha value is -1.27. The van der Waals surface area contributed by atoms with Crippen LogP contribution in [0.15, 0.2) is 9.00 Å². The van der Waals surface area contributed by atoms with Gasteiger partial charge in [0.1, 0.15) is 6.04 Å². The second kappa shape index (κ2) is 8.39. The van der Waals surface area contributed by atoms with Gasteiger partial charge in [0.05, 0.1) is 13.2 Å². The molecule has 0 aromatic carbocycles. The van der Waals surface area contributed by atoms with Gasteiger partial charge in [-0.05, 0) is 26.7 Å². The second-order valence-corrected chi connectivity index (χ2v) is 10.1. The van der Waals surface area contributed by atoms with E-state index in [0.29, 0.717) is 49.6 Å². The van der Waals surface area contributed by atoms with Crippen molar-refractivity contribution in [3.63, 3.8) is 0 Å². The molecule has 0 bridgehead atoms. The molecule has 2 aliphatic rings. The summed E-state index contributed by atoms with van der Waals surface area (Å²) in [5.74, 6) is -0.280. The van der Waals surface area contributed by atoms with Crippen LogP contribution in [0.2, 0.25) is 0 Å². The Bertz CT molecular complexity index is 828. The van der Waals surface area contributed by atoms with E-state index in [4.69, 9.17) is 4.74 Å². The molecule has 0 aliphatic carbocycles. The molecule has 0 radical (unpaired) electrons. The van der Waals surface area contributed by atoms with Crippen LogP contribution in [0.25, 0.3) is 0 Å². The van der Waals surface area contributed by atoms with E-state index in [1.54, 1.807) is 6.92 Å². The van der Waals surface area contributed by atoms with Crippen molar-refractivity contribution >= 4 is 27.3 Å². The third-order valence-corrected chi connectivity index (χ3v) is 8.35. The average molecular weight is 419 g/mol. The van der Waals surface area contributed by atoms with Gasteiger partial charge in [-0.3, -0.25) is 14.5 Å². The van der Waals surface area contributed by atoms with Crippen molar-refractivity contribution in [1.82, 2.24) is 19.5 Å². The number of carbonyl (C=O) groups is 1. The molecule has 2 N–H and O–H groups in total. The summed E-state index contributed by atoms with van der Waals surface area (Å²) in [5.41, 5.74) is 0.316. The maximum Gasteiger partial charge on any atom is 0.305 e. The Kier molecular flexibility index (Phi) is 6.36. The van der Waals surface area contributed by atoms with Gasteiger partial charge in [0.25, 0.3) is 10.0 Å². The first-order chi connectivity index (χ1) is 12.8. The number of carbonyl (C=O) groups excluding carboxylic acids is 1. The van der Waals surface area contributed by atoms with Crippen molar-refractivity contribution in [2.75, 3.05) is 39.4 Å². The van der Waals surface area contributed by atoms with Crippen LogP contribution in [0.1, 0.15) is 25.5 Å². The number of nitrogens with one attached hydrogen (secondary N) is 2. The summed E-state index contributed by atoms with van der Waals surface area (Å²) in [7, 11) is -3.87. The van der Waals surface area contributed by atoms with Crippen molar-refractivity contribution < 1.29 is 17.9 Å². The molecule has 11 heteroatoms. The van der Waals surface area contributed by atoms with Gasteiger partial charge in [0.15, 0.2) is 4.21 Å². The smallest absolute Gasteiger partial charge is 0.305 e. The summed E-state index contributed by atoms with van der Waals surface area (Å²) in [6, 6.07) is -0.829. The summed E-state index contributed by atoms with van der Waals surface area (Å²) >= 11 is 0.668. The lowest BCUT2D eigenvalue weighted by molar-refractivity contribution is -0.125. The number of rotatable bonds is 6. The van der Waals surface area contributed by atoms with Crippen LogP contribution in [0.4, 0.5) is 0 Å². The summed E-state index contributed by atoms with van der Waals surface area (Å²) < 4.78 is 32.5. The molecule has 2 atom stereocenters. The number of aryl methyl sites for hydroxylation is 1. The number of morpholine rings is 1. The summed E-state index contributed by atoms with van der Waals surface area (Å²) in [4.78, 5) is 28.6. The zero-order valence-electron chi connectivity index (χ0n) is 15.6. The number of aromatic amines is 1. The monoisotopic (exact) mass is 418 g/mol. The standard InChI is InChI=1S/C16H26N4O5S2/c1-11(10-19-6-8-25-9-7-19)17-14(21)13-4-3-5-20(13)27(23,24)15-12(2)18-16(22)26-15/h11,13H,3-10H2,1-2H3,(H,17,21)(H,18,22)/t11-,13+/m0/s1. The van der Waals surface area contributed by atoms with Gasteiger partial charge in [0, 0.05) is 37.9 Å². The van der Waals surface area contributed by atoms with E-state index >= 15 is 0 Å². The molecule has 9 nitrogen and oxygen atoms in total. The fourth-order valence-corrected chi connectivity index (χ4v) is 6.66. The first kappa shape index (κ1) is 20.5. The quantitative estimate of drug-likeness (QED) is 0.658. The topological polar surface area (TPSA) is 112 Å². The average Bonchev–Trinajstić information content (AvgIpc) is 3.22. The van der Waals surface area contributed by atoms with Crippen LogP contribution in [-0.4, -0.2) is 80.0 Å². The maximum atomic E-state index is 13.0. The molecule has 2 aliphatic heterocycles. The van der Waals surface area contributed by atoms with Gasteiger partial charge < -0.3 is 15.0 Å². The van der Waals surface area contributed by atoms with Crippen LogP contribution >= 0.6 is 11.3 Å². The number of hydrogen-bond donors (Lipinski definition) is 2. The number of thiazole rings is 1. The third-order valence-electron chi connectivity index (χ3n) is 4.85. The molecular formula is C16H26N4O5S2. The van der Waals surface area contributed by atoms with Crippen LogP contribution in [0.3, 0.4) is 0 Å². The molecule has 0 unspecified atom stereocenters. The lowest BCUT2D eigenvalue weighted by atomic mass is 10.2. The minimum Gasteiger partial charge on any atom is -0.379 e. The zero-order valence-corrected chi connectivity index (χ0v) is 17.2. The van der Waals surface area contributed by atoms with Gasteiger partial charge in [-0.1, -0.05) is 11.3 Å². The largest absolute Gasteiger partial charge is 0.379 e. The number of sulfonamides is 1. The molecule has 1 amide bonds. The predicted octanol–water partition coefficient (Wildman–Crippen LogP) is -0.265. The van der Waals surface area contributed by atoms with E-state index in [1.165, 1.54) is 4.31 Å². The van der Waals surface area contributed by atoms with E-state index < -0.39 is 20.9 Å². The molecule has 2 fully saturated rings. The van der Waals surface area contributed by atoms with E-state index in [2.05, 4.69) is 15.2 Å². The second-order valence-electron chi connectivity index (χ2n) is 7.02. The summed E-state index contributed by atoms with van der Waals surface area (Å²) in [6.45, 7) is 7.49. The maximum absolute atomic E-state index is 13.0. The van der Waals surface area contributed by atoms with Gasteiger partial charge in [0.2, 0.25) is 5.91 Å². The summed E-state index contributed by atoms with van der Waals surface area (Å²) in [5, 5.41) is 2.95. The molecule has 2 saturated heterocycles. The van der Waals surface area contributed by atoms with Crippen molar-refractivity contribution in [2.24, 2.45) is 0 Å². The lowest BCUT2D eigenvalue weighted by Crippen LogP contribution is -2.51. The highest BCUT2D eigenvalue weighted by Gasteiger charge is 2.41. The molecule has 3 heterocycles. The Balaban J connectivity index is 1.67. The molecule has 1 aromatic heterocycles. The zero-order chi connectivity index (χ0) is 19.6. The molecule has 3 rings (SSSR count). The minimum absolute atomic E-state index is 0.00596. The third kappa shape index (κ3) is 4.60. The Morgan fingerprint density at radius 1 is 1.37 bits per heavy atom. The van der Waals surface area contributed by atoms with Gasteiger partial charge >= 0.3 is 4.87 Å². The molecular weight excluding hydrogens is 392 g/mol. The van der Waals surface area contributed by atoms with E-state index in [9.17, 15) is 18.0 Å². The van der Waals surface area contributed by atoms with Crippen LogP contribution in [-0.2, 0) is 19.6 Å². The van der Waals surface area contributed by atoms with Crippen molar-refractivity contribution in [1.29, 1.82) is 0 Å². The lowest BCUT2D eigenvalue weighted by Gasteiger charge is -2.30. The molecule has 0 spiro atoms. The summed E-state index contributed by atoms with van der Waals surface area (Å²) in [6.07, 6.45) is 1.10. The van der Waals surface area contributed by atoms with Crippen LogP contribution in [0, 0.1) is 6.92 Å². The Morgan fingerprint density at radius 3 is 2.70 bits per heavy atom. The van der Waals surface area contributed by atoms with Crippen molar-refractivity contribution in [3.8, 4) is 0 Å². The number of nitrogens with zero attached hydrogens (tertiary/aromatic N) is 2. The predicted molar refractivity (Wildman–Crippen MR) is 101 cm³/mol. The number of H-pyrrole nitrogens is 1. The molecule has 0 saturated carbocycles. The highest BCUT2D eigenvalue weighted by Crippen LogP contribution is 2.28. The minimum atomic E-state index is -3.87. The van der Waals surface area contributed by atoms with Gasteiger partial charge in [-0.2, -0.15) is 4.31 Å². The van der Waals surface area contributed by atoms with E-state index in [1.807, 2.05) is 6.92 Å². The van der Waals surface area contributed by atoms with Crippen molar-refractivity contribution in [2.45, 2.75) is 43.0 Å². The van der Waals surface area contributed by atoms with Crippen LogP contribution < -0.4 is 10.2 Å². The normalized spacial score (nSPS) is 23.4. The highest BCUT2D eigenvalue weighted by atomic mass is 32.2. The SMILES string of the molecule is Cc1[nH]c(=O)sc1S(=O)(=O)N1CCC[C@@H]1C(=O)N[C@@H](C)CN1CCOCC1. The van der Waals surface area contributed by atoms with Crippen LogP contribution in [0.5, 0.6) is 0 Å². The first-order valence-electron chi connectivity index (χ1n) is 9.11. The fraction of sp³-hybridized carbons (Fsp3) is 0.750. The van der Waals surface area contributed by atoms with Gasteiger partial charge in [-0.15, -0.1) is 0 Å². The fourth-order valence-electron chi connectivity index (χ4n) is 3.59. The van der Waals surface area contributed by atoms with E-state index in [0.717, 1.165) is 13.1 Å². The highest BCUT2D eigenvalue weighted by molar-refractivity contribution is 7.91. The first-order valence-corrected chi connectivity index (χ1v) is 11.4. The van der Waals surface area contributed by atoms with E-state index in [-0.39, 0.29) is 22.7 Å². The molecule has 27 heavy (non-hydrogen) atoms.